The maximum atomic E-state index is 5.75. The van der Waals surface area contributed by atoms with Gasteiger partial charge in [0.05, 0.1) is 6.20 Å². The highest BCUT2D eigenvalue weighted by atomic mass is 15.2. The summed E-state index contributed by atoms with van der Waals surface area (Å²) >= 11 is 0. The number of anilines is 2. The first-order chi connectivity index (χ1) is 10.2. The molecular formula is C14H15N7. The van der Waals surface area contributed by atoms with E-state index in [9.17, 15) is 0 Å². The SMILES string of the molecule is Cc1cc(N2CCc3c(cnc4[nH]ncc34)C2)nc(N)n1. The van der Waals surface area contributed by atoms with E-state index in [1.165, 1.54) is 11.1 Å². The van der Waals surface area contributed by atoms with Crippen LogP contribution in [0.1, 0.15) is 16.8 Å². The Labute approximate surface area is 121 Å². The number of nitrogens with two attached hydrogens (primary N) is 1. The number of pyridine rings is 1. The minimum atomic E-state index is 0.319. The van der Waals surface area contributed by atoms with Crippen LogP contribution in [-0.2, 0) is 13.0 Å². The third-order valence-corrected chi connectivity index (χ3v) is 3.86. The Morgan fingerprint density at radius 2 is 2.19 bits per heavy atom. The number of aromatic nitrogens is 5. The molecule has 0 atom stereocenters. The van der Waals surface area contributed by atoms with Gasteiger partial charge in [-0.1, -0.05) is 0 Å². The minimum Gasteiger partial charge on any atom is -0.368 e. The number of fused-ring (bicyclic) bond motifs is 3. The fourth-order valence-electron chi connectivity index (χ4n) is 2.89. The van der Waals surface area contributed by atoms with Crippen molar-refractivity contribution >= 4 is 22.8 Å². The molecule has 0 aliphatic carbocycles. The number of aryl methyl sites for hydroxylation is 1. The summed E-state index contributed by atoms with van der Waals surface area (Å²) in [6, 6.07) is 1.96. The maximum Gasteiger partial charge on any atom is 0.222 e. The van der Waals surface area contributed by atoms with E-state index in [-0.39, 0.29) is 0 Å². The number of nitrogens with one attached hydrogen (secondary N) is 1. The molecule has 0 spiro atoms. The number of aromatic amines is 1. The summed E-state index contributed by atoms with van der Waals surface area (Å²) in [6.07, 6.45) is 4.71. The van der Waals surface area contributed by atoms with Gasteiger partial charge in [0.2, 0.25) is 5.95 Å². The van der Waals surface area contributed by atoms with E-state index >= 15 is 0 Å². The molecule has 0 saturated heterocycles. The normalized spacial score (nSPS) is 14.4. The summed E-state index contributed by atoms with van der Waals surface area (Å²) in [5.41, 5.74) is 10.0. The lowest BCUT2D eigenvalue weighted by molar-refractivity contribution is 0.720. The van der Waals surface area contributed by atoms with Gasteiger partial charge in [-0.15, -0.1) is 0 Å². The number of H-pyrrole nitrogens is 1. The lowest BCUT2D eigenvalue weighted by Crippen LogP contribution is -2.31. The molecule has 3 aromatic heterocycles. The number of hydrogen-bond acceptors (Lipinski definition) is 6. The first kappa shape index (κ1) is 12.1. The summed E-state index contributed by atoms with van der Waals surface area (Å²) in [6.45, 7) is 3.60. The average Bonchev–Trinajstić information content (AvgIpc) is 2.94. The molecule has 0 bridgehead atoms. The fraction of sp³-hybridized carbons (Fsp3) is 0.286. The quantitative estimate of drug-likeness (QED) is 0.695. The van der Waals surface area contributed by atoms with E-state index in [2.05, 4.69) is 30.0 Å². The molecule has 0 fully saturated rings. The number of nitrogen functional groups attached to an aromatic ring is 1. The van der Waals surface area contributed by atoms with Crippen LogP contribution in [0.4, 0.5) is 11.8 Å². The molecule has 0 amide bonds. The molecule has 0 saturated carbocycles. The van der Waals surface area contributed by atoms with Gasteiger partial charge in [-0.2, -0.15) is 10.1 Å². The van der Waals surface area contributed by atoms with Gasteiger partial charge in [0.1, 0.15) is 5.82 Å². The highest BCUT2D eigenvalue weighted by Gasteiger charge is 2.21. The van der Waals surface area contributed by atoms with Crippen molar-refractivity contribution in [1.82, 2.24) is 25.1 Å². The Morgan fingerprint density at radius 3 is 3.05 bits per heavy atom. The van der Waals surface area contributed by atoms with Crippen LogP contribution < -0.4 is 10.6 Å². The van der Waals surface area contributed by atoms with Crippen molar-refractivity contribution in [1.29, 1.82) is 0 Å². The first-order valence-electron chi connectivity index (χ1n) is 6.86. The molecule has 7 nitrogen and oxygen atoms in total. The Bertz CT molecular complexity index is 803. The highest BCUT2D eigenvalue weighted by Crippen LogP contribution is 2.27. The zero-order chi connectivity index (χ0) is 14.4. The third kappa shape index (κ3) is 1.97. The molecule has 106 valence electrons. The van der Waals surface area contributed by atoms with Gasteiger partial charge in [-0.3, -0.25) is 5.10 Å². The van der Waals surface area contributed by atoms with Crippen molar-refractivity contribution in [2.24, 2.45) is 0 Å². The first-order valence-corrected chi connectivity index (χ1v) is 6.86. The molecule has 3 aromatic rings. The van der Waals surface area contributed by atoms with Crippen LogP contribution >= 0.6 is 0 Å². The van der Waals surface area contributed by atoms with Crippen LogP contribution in [0.3, 0.4) is 0 Å². The molecule has 1 aliphatic heterocycles. The molecule has 0 aromatic carbocycles. The summed E-state index contributed by atoms with van der Waals surface area (Å²) in [5, 5.41) is 8.10. The lowest BCUT2D eigenvalue weighted by atomic mass is 9.99. The third-order valence-electron chi connectivity index (χ3n) is 3.86. The summed E-state index contributed by atoms with van der Waals surface area (Å²) in [4.78, 5) is 15.1. The van der Waals surface area contributed by atoms with Crippen LogP contribution in [-0.4, -0.2) is 31.7 Å². The van der Waals surface area contributed by atoms with Gasteiger partial charge in [0.25, 0.3) is 0 Å². The zero-order valence-corrected chi connectivity index (χ0v) is 11.7. The van der Waals surface area contributed by atoms with E-state index in [4.69, 9.17) is 5.73 Å². The molecule has 4 rings (SSSR count). The standard InChI is InChI=1S/C14H15N7/c1-8-4-12(19-14(15)18-8)21-3-2-10-9(7-21)5-16-13-11(10)6-17-20-13/h4-6H,2-3,7H2,1H3,(H2,15,18,19)(H,16,17,20). The molecule has 4 heterocycles. The Morgan fingerprint density at radius 1 is 1.29 bits per heavy atom. The molecule has 7 heteroatoms. The number of hydrogen-bond donors (Lipinski definition) is 2. The smallest absolute Gasteiger partial charge is 0.222 e. The van der Waals surface area contributed by atoms with E-state index < -0.39 is 0 Å². The lowest BCUT2D eigenvalue weighted by Gasteiger charge is -2.30. The van der Waals surface area contributed by atoms with Crippen molar-refractivity contribution in [2.75, 3.05) is 17.2 Å². The molecular weight excluding hydrogens is 266 g/mol. The molecule has 0 unspecified atom stereocenters. The van der Waals surface area contributed by atoms with Crippen LogP contribution in [0.5, 0.6) is 0 Å². The summed E-state index contributed by atoms with van der Waals surface area (Å²) in [7, 11) is 0. The topological polar surface area (TPSA) is 96.6 Å². The van der Waals surface area contributed by atoms with Crippen molar-refractivity contribution in [3.05, 3.63) is 35.3 Å². The maximum absolute atomic E-state index is 5.75. The highest BCUT2D eigenvalue weighted by molar-refractivity contribution is 5.79. The second kappa shape index (κ2) is 4.41. The van der Waals surface area contributed by atoms with Crippen LogP contribution in [0.2, 0.25) is 0 Å². The Kier molecular flexibility index (Phi) is 2.53. The number of nitrogens with zero attached hydrogens (tertiary/aromatic N) is 5. The van der Waals surface area contributed by atoms with Gasteiger partial charge in [0, 0.05) is 36.4 Å². The van der Waals surface area contributed by atoms with E-state index in [1.54, 1.807) is 0 Å². The van der Waals surface area contributed by atoms with Crippen LogP contribution in [0, 0.1) is 6.92 Å². The van der Waals surface area contributed by atoms with E-state index in [1.807, 2.05) is 25.4 Å². The van der Waals surface area contributed by atoms with E-state index in [0.717, 1.165) is 42.1 Å². The fourth-order valence-corrected chi connectivity index (χ4v) is 2.89. The van der Waals surface area contributed by atoms with Gasteiger partial charge in [-0.25, -0.2) is 9.97 Å². The summed E-state index contributed by atoms with van der Waals surface area (Å²) in [5.74, 6) is 1.19. The predicted molar refractivity (Wildman–Crippen MR) is 79.8 cm³/mol. The molecule has 21 heavy (non-hydrogen) atoms. The number of rotatable bonds is 1. The second-order valence-corrected chi connectivity index (χ2v) is 5.29. The Hall–Kier alpha value is -2.70. The van der Waals surface area contributed by atoms with E-state index in [0.29, 0.717) is 5.95 Å². The largest absolute Gasteiger partial charge is 0.368 e. The zero-order valence-electron chi connectivity index (χ0n) is 11.7. The predicted octanol–water partition coefficient (Wildman–Crippen LogP) is 1.20. The van der Waals surface area contributed by atoms with Gasteiger partial charge in [-0.05, 0) is 24.5 Å². The molecule has 1 aliphatic rings. The molecule has 0 radical (unpaired) electrons. The second-order valence-electron chi connectivity index (χ2n) is 5.29. The van der Waals surface area contributed by atoms with Crippen molar-refractivity contribution in [3.63, 3.8) is 0 Å². The van der Waals surface area contributed by atoms with Gasteiger partial charge >= 0.3 is 0 Å². The monoisotopic (exact) mass is 281 g/mol. The molecule has 3 N–H and O–H groups in total. The van der Waals surface area contributed by atoms with Gasteiger partial charge in [0.15, 0.2) is 5.65 Å². The van der Waals surface area contributed by atoms with Crippen molar-refractivity contribution < 1.29 is 0 Å². The van der Waals surface area contributed by atoms with Crippen molar-refractivity contribution in [3.8, 4) is 0 Å². The van der Waals surface area contributed by atoms with Gasteiger partial charge < -0.3 is 10.6 Å². The van der Waals surface area contributed by atoms with Crippen molar-refractivity contribution in [2.45, 2.75) is 19.9 Å². The minimum absolute atomic E-state index is 0.319. The Balaban J connectivity index is 1.73. The van der Waals surface area contributed by atoms with Crippen LogP contribution in [0.25, 0.3) is 11.0 Å². The van der Waals surface area contributed by atoms with Crippen LogP contribution in [0.15, 0.2) is 18.5 Å². The summed E-state index contributed by atoms with van der Waals surface area (Å²) < 4.78 is 0. The average molecular weight is 281 g/mol.